The zero-order valence-electron chi connectivity index (χ0n) is 9.55. The van der Waals surface area contributed by atoms with Crippen molar-refractivity contribution in [3.63, 3.8) is 0 Å². The highest BCUT2D eigenvalue weighted by Crippen LogP contribution is 2.18. The Kier molecular flexibility index (Phi) is 2.93. The second kappa shape index (κ2) is 4.39. The molecule has 0 atom stereocenters. The zero-order chi connectivity index (χ0) is 12.4. The number of carbonyl (C=O) groups is 1. The number of hydrogen-bond acceptors (Lipinski definition) is 3. The molecule has 1 aromatic carbocycles. The molecule has 0 aliphatic carbocycles. The number of hydrogen-bond donors (Lipinski definition) is 2. The first-order valence-electron chi connectivity index (χ1n) is 5.28. The lowest BCUT2D eigenvalue weighted by Gasteiger charge is -2.10. The summed E-state index contributed by atoms with van der Waals surface area (Å²) < 4.78 is 1.64. The molecule has 1 heterocycles. The first kappa shape index (κ1) is 11.3. The molecule has 0 saturated carbocycles. The molecule has 1 aromatic heterocycles. The lowest BCUT2D eigenvalue weighted by atomic mass is 10.1. The fraction of sp³-hybridized carbons (Fsp3) is 0.167. The van der Waals surface area contributed by atoms with Gasteiger partial charge in [0.1, 0.15) is 5.69 Å². The van der Waals surface area contributed by atoms with Crippen LogP contribution in [0, 0.1) is 6.92 Å². The number of para-hydroxylation sites is 1. The molecule has 0 bridgehead atoms. The summed E-state index contributed by atoms with van der Waals surface area (Å²) in [5, 5.41) is 4.14. The minimum atomic E-state index is -0.536. The third-order valence-electron chi connectivity index (χ3n) is 2.61. The monoisotopic (exact) mass is 230 g/mol. The molecule has 5 nitrogen and oxygen atoms in total. The van der Waals surface area contributed by atoms with Gasteiger partial charge in [-0.05, 0) is 24.1 Å². The summed E-state index contributed by atoms with van der Waals surface area (Å²) in [6, 6.07) is 7.45. The van der Waals surface area contributed by atoms with Crippen LogP contribution in [0.1, 0.15) is 21.6 Å². The van der Waals surface area contributed by atoms with Crippen LogP contribution in [0.2, 0.25) is 0 Å². The van der Waals surface area contributed by atoms with Crippen LogP contribution in [0.25, 0.3) is 5.69 Å². The molecule has 0 radical (unpaired) electrons. The van der Waals surface area contributed by atoms with E-state index in [9.17, 15) is 4.79 Å². The van der Waals surface area contributed by atoms with Crippen LogP contribution in [0.15, 0.2) is 30.5 Å². The first-order valence-corrected chi connectivity index (χ1v) is 5.28. The van der Waals surface area contributed by atoms with Crippen LogP contribution in [0.3, 0.4) is 0 Å². The molecule has 5 heteroatoms. The number of primary amides is 1. The van der Waals surface area contributed by atoms with Crippen molar-refractivity contribution in [2.75, 3.05) is 0 Å². The van der Waals surface area contributed by atoms with Gasteiger partial charge in [-0.15, -0.1) is 0 Å². The third kappa shape index (κ3) is 2.05. The van der Waals surface area contributed by atoms with E-state index in [0.29, 0.717) is 6.54 Å². The molecule has 1 amide bonds. The topological polar surface area (TPSA) is 86.9 Å². The number of aryl methyl sites for hydroxylation is 1. The maximum Gasteiger partial charge on any atom is 0.269 e. The number of rotatable bonds is 3. The van der Waals surface area contributed by atoms with Gasteiger partial charge < -0.3 is 11.5 Å². The second-order valence-corrected chi connectivity index (χ2v) is 3.80. The number of benzene rings is 1. The smallest absolute Gasteiger partial charge is 0.269 e. The van der Waals surface area contributed by atoms with Crippen LogP contribution >= 0.6 is 0 Å². The van der Waals surface area contributed by atoms with Gasteiger partial charge in [-0.1, -0.05) is 18.2 Å². The van der Waals surface area contributed by atoms with E-state index in [1.54, 1.807) is 16.9 Å². The van der Waals surface area contributed by atoms with Gasteiger partial charge in [-0.3, -0.25) is 4.79 Å². The Morgan fingerprint density at radius 2 is 2.18 bits per heavy atom. The average Bonchev–Trinajstić information content (AvgIpc) is 2.77. The summed E-state index contributed by atoms with van der Waals surface area (Å²) >= 11 is 0. The average molecular weight is 230 g/mol. The van der Waals surface area contributed by atoms with Crippen molar-refractivity contribution in [2.45, 2.75) is 13.5 Å². The predicted octanol–water partition coefficient (Wildman–Crippen LogP) is 0.738. The summed E-state index contributed by atoms with van der Waals surface area (Å²) in [4.78, 5) is 11.0. The maximum atomic E-state index is 11.0. The molecule has 2 aromatic rings. The van der Waals surface area contributed by atoms with Gasteiger partial charge in [0, 0.05) is 12.7 Å². The molecule has 2 rings (SSSR count). The number of nitrogens with zero attached hydrogens (tertiary/aromatic N) is 2. The molecule has 0 unspecified atom stereocenters. The summed E-state index contributed by atoms with van der Waals surface area (Å²) in [7, 11) is 0. The van der Waals surface area contributed by atoms with Gasteiger partial charge >= 0.3 is 0 Å². The van der Waals surface area contributed by atoms with E-state index >= 15 is 0 Å². The fourth-order valence-electron chi connectivity index (χ4n) is 1.79. The van der Waals surface area contributed by atoms with E-state index in [2.05, 4.69) is 5.10 Å². The van der Waals surface area contributed by atoms with Crippen molar-refractivity contribution in [1.29, 1.82) is 0 Å². The standard InChI is InChI=1S/C12H14N4O/c1-8-3-2-4-9(7-13)11(8)16-6-5-10(15-16)12(14)17/h2-6H,7,13H2,1H3,(H2,14,17). The van der Waals surface area contributed by atoms with E-state index in [1.807, 2.05) is 25.1 Å². The number of nitrogens with two attached hydrogens (primary N) is 2. The highest BCUT2D eigenvalue weighted by molar-refractivity contribution is 5.90. The van der Waals surface area contributed by atoms with Crippen LogP contribution in [-0.2, 0) is 6.54 Å². The van der Waals surface area contributed by atoms with E-state index in [4.69, 9.17) is 11.5 Å². The molecule has 88 valence electrons. The molecule has 17 heavy (non-hydrogen) atoms. The normalized spacial score (nSPS) is 10.5. The first-order chi connectivity index (χ1) is 8.13. The largest absolute Gasteiger partial charge is 0.364 e. The van der Waals surface area contributed by atoms with Crippen LogP contribution in [0.5, 0.6) is 0 Å². The molecule has 0 aliphatic rings. The van der Waals surface area contributed by atoms with Crippen molar-refractivity contribution in [1.82, 2.24) is 9.78 Å². The lowest BCUT2D eigenvalue weighted by Crippen LogP contribution is -2.13. The van der Waals surface area contributed by atoms with Crippen molar-refractivity contribution in [3.05, 3.63) is 47.3 Å². The Labute approximate surface area is 99.0 Å². The van der Waals surface area contributed by atoms with Gasteiger partial charge in [0.05, 0.1) is 5.69 Å². The van der Waals surface area contributed by atoms with Crippen molar-refractivity contribution in [2.24, 2.45) is 11.5 Å². The van der Waals surface area contributed by atoms with Crippen molar-refractivity contribution >= 4 is 5.91 Å². The SMILES string of the molecule is Cc1cccc(CN)c1-n1ccc(C(N)=O)n1. The molecule has 0 saturated heterocycles. The van der Waals surface area contributed by atoms with Crippen LogP contribution in [-0.4, -0.2) is 15.7 Å². The minimum absolute atomic E-state index is 0.247. The Morgan fingerprint density at radius 1 is 1.41 bits per heavy atom. The van der Waals surface area contributed by atoms with Gasteiger partial charge in [0.25, 0.3) is 5.91 Å². The third-order valence-corrected chi connectivity index (χ3v) is 2.61. The van der Waals surface area contributed by atoms with Gasteiger partial charge in [0.15, 0.2) is 0 Å². The van der Waals surface area contributed by atoms with E-state index in [0.717, 1.165) is 16.8 Å². The Hall–Kier alpha value is -2.14. The quantitative estimate of drug-likeness (QED) is 0.815. The van der Waals surface area contributed by atoms with Crippen LogP contribution in [0.4, 0.5) is 0 Å². The van der Waals surface area contributed by atoms with Gasteiger partial charge in [-0.2, -0.15) is 5.10 Å². The molecule has 0 spiro atoms. The molecular formula is C12H14N4O. The summed E-state index contributed by atoms with van der Waals surface area (Å²) in [5.74, 6) is -0.536. The predicted molar refractivity (Wildman–Crippen MR) is 64.7 cm³/mol. The van der Waals surface area contributed by atoms with Gasteiger partial charge in [-0.25, -0.2) is 4.68 Å². The minimum Gasteiger partial charge on any atom is -0.364 e. The number of amides is 1. The number of carbonyl (C=O) groups excluding carboxylic acids is 1. The van der Waals surface area contributed by atoms with Crippen molar-refractivity contribution < 1.29 is 4.79 Å². The second-order valence-electron chi connectivity index (χ2n) is 3.80. The van der Waals surface area contributed by atoms with E-state index in [-0.39, 0.29) is 5.69 Å². The Bertz CT molecular complexity index is 559. The molecular weight excluding hydrogens is 216 g/mol. The zero-order valence-corrected chi connectivity index (χ0v) is 9.55. The number of aromatic nitrogens is 2. The summed E-state index contributed by atoms with van der Waals surface area (Å²) in [6.45, 7) is 2.39. The highest BCUT2D eigenvalue weighted by Gasteiger charge is 2.10. The fourth-order valence-corrected chi connectivity index (χ4v) is 1.79. The molecule has 0 fully saturated rings. The molecule has 4 N–H and O–H groups in total. The Balaban J connectivity index is 2.55. The summed E-state index contributed by atoms with van der Waals surface area (Å²) in [5.41, 5.74) is 14.0. The van der Waals surface area contributed by atoms with E-state index in [1.165, 1.54) is 0 Å². The lowest BCUT2D eigenvalue weighted by molar-refractivity contribution is 0.0995. The van der Waals surface area contributed by atoms with Crippen LogP contribution < -0.4 is 11.5 Å². The van der Waals surface area contributed by atoms with Crippen molar-refractivity contribution in [3.8, 4) is 5.69 Å². The summed E-state index contributed by atoms with van der Waals surface area (Å²) in [6.07, 6.45) is 1.71. The van der Waals surface area contributed by atoms with Gasteiger partial charge in [0.2, 0.25) is 0 Å². The maximum absolute atomic E-state index is 11.0. The molecule has 0 aliphatic heterocycles. The van der Waals surface area contributed by atoms with E-state index < -0.39 is 5.91 Å². The Morgan fingerprint density at radius 3 is 2.76 bits per heavy atom. The highest BCUT2D eigenvalue weighted by atomic mass is 16.1.